The van der Waals surface area contributed by atoms with E-state index in [1.54, 1.807) is 0 Å². The molecule has 0 amide bonds. The van der Waals surface area contributed by atoms with Crippen LogP contribution in [-0.2, 0) is 0 Å². The number of hydrogen-bond acceptors (Lipinski definition) is 1. The van der Waals surface area contributed by atoms with E-state index in [0.717, 1.165) is 29.3 Å². The first-order valence-electron chi connectivity index (χ1n) is 7.38. The average Bonchev–Trinajstić information content (AvgIpc) is 2.67. The van der Waals surface area contributed by atoms with E-state index in [0.29, 0.717) is 5.78 Å². The molecule has 2 heteroatoms. The van der Waals surface area contributed by atoms with Gasteiger partial charge in [0.2, 0.25) is 0 Å². The largest absolute Gasteiger partial charge is 0.360 e. The molecule has 1 saturated carbocycles. The molecule has 0 radical (unpaired) electrons. The van der Waals surface area contributed by atoms with E-state index in [1.165, 1.54) is 31.2 Å². The van der Waals surface area contributed by atoms with Crippen LogP contribution in [0, 0.1) is 12.8 Å². The maximum absolute atomic E-state index is 12.8. The van der Waals surface area contributed by atoms with Gasteiger partial charge < -0.3 is 4.98 Å². The zero-order valence-electron chi connectivity index (χ0n) is 11.5. The Balaban J connectivity index is 1.97. The third-order valence-corrected chi connectivity index (χ3v) is 4.41. The standard InChI is InChI=1S/C17H21NO/c1-12-7-6-10-15-16(12)14(11-18-15)17(19)13-8-4-2-3-5-9-13/h6-7,10-11,13,18H,2-5,8-9H2,1H3. The van der Waals surface area contributed by atoms with E-state index < -0.39 is 0 Å². The van der Waals surface area contributed by atoms with Gasteiger partial charge in [0.25, 0.3) is 0 Å². The van der Waals surface area contributed by atoms with Gasteiger partial charge in [0.1, 0.15) is 0 Å². The fraction of sp³-hybridized carbons (Fsp3) is 0.471. The molecule has 0 spiro atoms. The SMILES string of the molecule is Cc1cccc2[nH]cc(C(=O)C3CCCCCC3)c12. The zero-order chi connectivity index (χ0) is 13.2. The summed E-state index contributed by atoms with van der Waals surface area (Å²) in [6, 6.07) is 6.17. The van der Waals surface area contributed by atoms with Gasteiger partial charge >= 0.3 is 0 Å². The number of aromatic amines is 1. The maximum atomic E-state index is 12.8. The Morgan fingerprint density at radius 1 is 1.16 bits per heavy atom. The summed E-state index contributed by atoms with van der Waals surface area (Å²) in [5, 5.41) is 1.12. The number of carbonyl (C=O) groups is 1. The van der Waals surface area contributed by atoms with E-state index in [9.17, 15) is 4.79 Å². The second-order valence-corrected chi connectivity index (χ2v) is 5.75. The first kappa shape index (κ1) is 12.5. The summed E-state index contributed by atoms with van der Waals surface area (Å²) in [7, 11) is 0. The molecule has 0 atom stereocenters. The van der Waals surface area contributed by atoms with Crippen LogP contribution in [0.4, 0.5) is 0 Å². The summed E-state index contributed by atoms with van der Waals surface area (Å²) < 4.78 is 0. The van der Waals surface area contributed by atoms with Gasteiger partial charge in [-0.3, -0.25) is 4.79 Å². The van der Waals surface area contributed by atoms with Gasteiger partial charge in [-0.1, -0.05) is 37.8 Å². The molecule has 1 aliphatic carbocycles. The first-order chi connectivity index (χ1) is 9.27. The number of nitrogens with one attached hydrogen (secondary N) is 1. The summed E-state index contributed by atoms with van der Waals surface area (Å²) >= 11 is 0. The van der Waals surface area contributed by atoms with Crippen molar-refractivity contribution in [2.45, 2.75) is 45.4 Å². The molecule has 0 aliphatic heterocycles. The summed E-state index contributed by atoms with van der Waals surface area (Å²) in [5.74, 6) is 0.587. The fourth-order valence-corrected chi connectivity index (χ4v) is 3.32. The number of aryl methyl sites for hydroxylation is 1. The van der Waals surface area contributed by atoms with Crippen molar-refractivity contribution in [2.24, 2.45) is 5.92 Å². The van der Waals surface area contributed by atoms with Gasteiger partial charge in [-0.15, -0.1) is 0 Å². The van der Waals surface area contributed by atoms with Crippen LogP contribution >= 0.6 is 0 Å². The number of Topliss-reactive ketones (excluding diaryl/α,β-unsaturated/α-hetero) is 1. The molecule has 1 fully saturated rings. The molecule has 1 N–H and O–H groups in total. The van der Waals surface area contributed by atoms with Crippen LogP contribution in [0.15, 0.2) is 24.4 Å². The normalized spacial score (nSPS) is 17.5. The van der Waals surface area contributed by atoms with Crippen molar-refractivity contribution in [1.82, 2.24) is 4.98 Å². The number of ketones is 1. The highest BCUT2D eigenvalue weighted by Gasteiger charge is 2.23. The topological polar surface area (TPSA) is 32.9 Å². The Bertz CT molecular complexity index is 588. The number of hydrogen-bond donors (Lipinski definition) is 1. The lowest BCUT2D eigenvalue weighted by molar-refractivity contribution is 0.0909. The molecule has 19 heavy (non-hydrogen) atoms. The Morgan fingerprint density at radius 3 is 2.63 bits per heavy atom. The summed E-state index contributed by atoms with van der Waals surface area (Å²) in [6.07, 6.45) is 9.03. The second-order valence-electron chi connectivity index (χ2n) is 5.75. The molecular weight excluding hydrogens is 234 g/mol. The maximum Gasteiger partial charge on any atom is 0.168 e. The van der Waals surface area contributed by atoms with Crippen LogP contribution in [-0.4, -0.2) is 10.8 Å². The van der Waals surface area contributed by atoms with Gasteiger partial charge in [0.15, 0.2) is 5.78 Å². The van der Waals surface area contributed by atoms with Crippen molar-refractivity contribution in [3.63, 3.8) is 0 Å². The van der Waals surface area contributed by atoms with Gasteiger partial charge in [-0.25, -0.2) is 0 Å². The average molecular weight is 255 g/mol. The van der Waals surface area contributed by atoms with Crippen molar-refractivity contribution in [3.05, 3.63) is 35.5 Å². The third kappa shape index (κ3) is 2.32. The monoisotopic (exact) mass is 255 g/mol. The molecule has 1 aromatic carbocycles. The third-order valence-electron chi connectivity index (χ3n) is 4.41. The number of fused-ring (bicyclic) bond motifs is 1. The predicted molar refractivity (Wildman–Crippen MR) is 78.6 cm³/mol. The molecule has 1 aromatic heterocycles. The van der Waals surface area contributed by atoms with Gasteiger partial charge in [0, 0.05) is 28.6 Å². The highest BCUT2D eigenvalue weighted by atomic mass is 16.1. The predicted octanol–water partition coefficient (Wildman–Crippen LogP) is 4.63. The minimum Gasteiger partial charge on any atom is -0.360 e. The van der Waals surface area contributed by atoms with Gasteiger partial charge in [-0.2, -0.15) is 0 Å². The van der Waals surface area contributed by atoms with E-state index in [-0.39, 0.29) is 5.92 Å². The quantitative estimate of drug-likeness (QED) is 0.616. The molecule has 3 rings (SSSR count). The molecule has 0 bridgehead atoms. The molecule has 1 heterocycles. The lowest BCUT2D eigenvalue weighted by atomic mass is 9.90. The van der Waals surface area contributed by atoms with Gasteiger partial charge in [-0.05, 0) is 31.4 Å². The highest BCUT2D eigenvalue weighted by molar-refractivity contribution is 6.09. The Labute approximate surface area is 114 Å². The van der Waals surface area contributed by atoms with Crippen molar-refractivity contribution in [3.8, 4) is 0 Å². The zero-order valence-corrected chi connectivity index (χ0v) is 11.5. The Kier molecular flexibility index (Phi) is 3.41. The van der Waals surface area contributed by atoms with Crippen molar-refractivity contribution in [2.75, 3.05) is 0 Å². The van der Waals surface area contributed by atoms with Crippen LogP contribution in [0.5, 0.6) is 0 Å². The molecule has 1 aliphatic rings. The molecule has 2 nitrogen and oxygen atoms in total. The number of carbonyl (C=O) groups excluding carboxylic acids is 1. The highest BCUT2D eigenvalue weighted by Crippen LogP contribution is 2.30. The van der Waals surface area contributed by atoms with Crippen LogP contribution in [0.25, 0.3) is 10.9 Å². The van der Waals surface area contributed by atoms with Gasteiger partial charge in [0.05, 0.1) is 0 Å². The van der Waals surface area contributed by atoms with Crippen molar-refractivity contribution >= 4 is 16.7 Å². The minimum absolute atomic E-state index is 0.237. The second kappa shape index (κ2) is 5.20. The minimum atomic E-state index is 0.237. The number of H-pyrrole nitrogens is 1. The van der Waals surface area contributed by atoms with Crippen LogP contribution in [0.3, 0.4) is 0 Å². The number of rotatable bonds is 2. The van der Waals surface area contributed by atoms with Crippen LogP contribution in [0.1, 0.15) is 54.4 Å². The van der Waals surface area contributed by atoms with Crippen molar-refractivity contribution < 1.29 is 4.79 Å². The number of aromatic nitrogens is 1. The molecule has 0 unspecified atom stereocenters. The lowest BCUT2D eigenvalue weighted by Gasteiger charge is -2.12. The van der Waals surface area contributed by atoms with E-state index in [2.05, 4.69) is 18.0 Å². The van der Waals surface area contributed by atoms with Crippen LogP contribution < -0.4 is 0 Å². The molecular formula is C17H21NO. The summed E-state index contributed by atoms with van der Waals surface area (Å²) in [5.41, 5.74) is 3.17. The molecule has 2 aromatic rings. The summed E-state index contributed by atoms with van der Waals surface area (Å²) in [6.45, 7) is 2.08. The molecule has 0 saturated heterocycles. The molecule has 100 valence electrons. The number of benzene rings is 1. The Hall–Kier alpha value is -1.57. The Morgan fingerprint density at radius 2 is 1.89 bits per heavy atom. The lowest BCUT2D eigenvalue weighted by Crippen LogP contribution is -2.13. The van der Waals surface area contributed by atoms with Crippen LogP contribution in [0.2, 0.25) is 0 Å². The van der Waals surface area contributed by atoms with Crippen molar-refractivity contribution in [1.29, 1.82) is 0 Å². The fourth-order valence-electron chi connectivity index (χ4n) is 3.32. The summed E-state index contributed by atoms with van der Waals surface area (Å²) in [4.78, 5) is 16.0. The van der Waals surface area contributed by atoms with E-state index in [1.807, 2.05) is 18.3 Å². The first-order valence-corrected chi connectivity index (χ1v) is 7.38. The smallest absolute Gasteiger partial charge is 0.168 e. The van der Waals surface area contributed by atoms with E-state index in [4.69, 9.17) is 0 Å². The van der Waals surface area contributed by atoms with E-state index >= 15 is 0 Å².